The van der Waals surface area contributed by atoms with Gasteiger partial charge in [0, 0.05) is 18.2 Å². The first kappa shape index (κ1) is 13.2. The molecule has 1 aliphatic carbocycles. The van der Waals surface area contributed by atoms with Gasteiger partial charge in [-0.25, -0.2) is 0 Å². The molecule has 1 saturated carbocycles. The summed E-state index contributed by atoms with van der Waals surface area (Å²) < 4.78 is 5.18. The molecule has 3 atom stereocenters. The fourth-order valence-corrected chi connectivity index (χ4v) is 2.72. The predicted molar refractivity (Wildman–Crippen MR) is 72.8 cm³/mol. The molecule has 1 aliphatic rings. The van der Waals surface area contributed by atoms with Crippen LogP contribution in [0.2, 0.25) is 0 Å². The fourth-order valence-electron chi connectivity index (χ4n) is 2.72. The molecule has 2 rings (SSSR count). The third-order valence-electron chi connectivity index (χ3n) is 4.31. The van der Waals surface area contributed by atoms with E-state index in [1.54, 1.807) is 19.2 Å². The van der Waals surface area contributed by atoms with Gasteiger partial charge in [-0.2, -0.15) is 0 Å². The molecule has 1 fully saturated rings. The molecule has 100 valence electrons. The summed E-state index contributed by atoms with van der Waals surface area (Å²) in [7, 11) is 1.64. The van der Waals surface area contributed by atoms with E-state index in [1.807, 2.05) is 6.07 Å². The van der Waals surface area contributed by atoms with Gasteiger partial charge >= 0.3 is 0 Å². The van der Waals surface area contributed by atoms with E-state index in [-0.39, 0.29) is 0 Å². The highest BCUT2D eigenvalue weighted by Crippen LogP contribution is 2.31. The second kappa shape index (κ2) is 5.61. The summed E-state index contributed by atoms with van der Waals surface area (Å²) in [6.07, 6.45) is 2.52. The lowest BCUT2D eigenvalue weighted by molar-refractivity contribution is 0.365. The highest BCUT2D eigenvalue weighted by molar-refractivity contribution is 5.39. The fraction of sp³-hybridized carbons (Fsp3) is 0.600. The lowest BCUT2D eigenvalue weighted by Crippen LogP contribution is -2.31. The number of hydrogen-bond acceptors (Lipinski definition) is 3. The number of methoxy groups -OCH3 is 1. The number of nitrogens with one attached hydrogen (secondary N) is 1. The Labute approximate surface area is 109 Å². The maximum atomic E-state index is 9.83. The summed E-state index contributed by atoms with van der Waals surface area (Å²) in [5.74, 6) is 2.62. The van der Waals surface area contributed by atoms with E-state index < -0.39 is 0 Å². The van der Waals surface area contributed by atoms with Crippen molar-refractivity contribution in [3.8, 4) is 11.5 Å². The predicted octanol–water partition coefficient (Wildman–Crippen LogP) is 2.93. The molecular formula is C15H23NO2. The minimum atomic E-state index is 0.335. The first-order valence-electron chi connectivity index (χ1n) is 6.71. The molecule has 0 heterocycles. The van der Waals surface area contributed by atoms with Crippen LogP contribution in [0, 0.1) is 11.8 Å². The van der Waals surface area contributed by atoms with Crippen molar-refractivity contribution in [3.05, 3.63) is 23.8 Å². The van der Waals surface area contributed by atoms with Crippen LogP contribution in [0.5, 0.6) is 11.5 Å². The zero-order chi connectivity index (χ0) is 13.1. The molecule has 18 heavy (non-hydrogen) atoms. The Morgan fingerprint density at radius 2 is 2.11 bits per heavy atom. The monoisotopic (exact) mass is 249 g/mol. The van der Waals surface area contributed by atoms with Gasteiger partial charge in [-0.1, -0.05) is 13.8 Å². The Morgan fingerprint density at radius 3 is 2.72 bits per heavy atom. The van der Waals surface area contributed by atoms with Crippen LogP contribution in [-0.4, -0.2) is 18.3 Å². The molecule has 3 unspecified atom stereocenters. The zero-order valence-electron chi connectivity index (χ0n) is 11.4. The van der Waals surface area contributed by atoms with Gasteiger partial charge in [-0.3, -0.25) is 0 Å². The number of phenols is 1. The number of phenolic OH excluding ortho intramolecular Hbond substituents is 1. The van der Waals surface area contributed by atoms with E-state index in [1.165, 1.54) is 12.8 Å². The normalized spacial score (nSPS) is 27.4. The van der Waals surface area contributed by atoms with Gasteiger partial charge in [0.1, 0.15) is 11.5 Å². The molecule has 0 spiro atoms. The van der Waals surface area contributed by atoms with E-state index in [4.69, 9.17) is 4.74 Å². The summed E-state index contributed by atoms with van der Waals surface area (Å²) in [4.78, 5) is 0. The molecule has 0 amide bonds. The van der Waals surface area contributed by atoms with Gasteiger partial charge in [-0.05, 0) is 42.9 Å². The van der Waals surface area contributed by atoms with E-state index in [9.17, 15) is 5.11 Å². The molecule has 0 aromatic heterocycles. The van der Waals surface area contributed by atoms with Gasteiger partial charge in [0.2, 0.25) is 0 Å². The largest absolute Gasteiger partial charge is 0.508 e. The van der Waals surface area contributed by atoms with Crippen LogP contribution in [0.1, 0.15) is 32.3 Å². The van der Waals surface area contributed by atoms with Crippen molar-refractivity contribution in [2.75, 3.05) is 7.11 Å². The first-order chi connectivity index (χ1) is 8.61. The average Bonchev–Trinajstić information content (AvgIpc) is 2.69. The van der Waals surface area contributed by atoms with Gasteiger partial charge in [-0.15, -0.1) is 0 Å². The van der Waals surface area contributed by atoms with Gasteiger partial charge < -0.3 is 15.2 Å². The van der Waals surface area contributed by atoms with Crippen molar-refractivity contribution >= 4 is 0 Å². The third kappa shape index (κ3) is 2.78. The Kier molecular flexibility index (Phi) is 4.12. The van der Waals surface area contributed by atoms with Crippen LogP contribution >= 0.6 is 0 Å². The first-order valence-corrected chi connectivity index (χ1v) is 6.71. The minimum Gasteiger partial charge on any atom is -0.508 e. The molecule has 0 saturated heterocycles. The number of ether oxygens (including phenoxy) is 1. The maximum Gasteiger partial charge on any atom is 0.120 e. The Hall–Kier alpha value is -1.22. The second-order valence-electron chi connectivity index (χ2n) is 5.40. The molecular weight excluding hydrogens is 226 g/mol. The zero-order valence-corrected chi connectivity index (χ0v) is 11.4. The molecule has 0 bridgehead atoms. The van der Waals surface area contributed by atoms with Crippen molar-refractivity contribution < 1.29 is 9.84 Å². The highest BCUT2D eigenvalue weighted by atomic mass is 16.5. The summed E-state index contributed by atoms with van der Waals surface area (Å²) in [6, 6.07) is 5.92. The van der Waals surface area contributed by atoms with Crippen molar-refractivity contribution in [3.63, 3.8) is 0 Å². The minimum absolute atomic E-state index is 0.335. The van der Waals surface area contributed by atoms with Gasteiger partial charge in [0.15, 0.2) is 0 Å². The van der Waals surface area contributed by atoms with E-state index in [0.717, 1.165) is 17.2 Å². The summed E-state index contributed by atoms with van der Waals surface area (Å²) in [5, 5.41) is 13.4. The molecule has 2 N–H and O–H groups in total. The maximum absolute atomic E-state index is 9.83. The molecule has 0 radical (unpaired) electrons. The molecule has 3 heteroatoms. The van der Waals surface area contributed by atoms with Crippen LogP contribution < -0.4 is 10.1 Å². The van der Waals surface area contributed by atoms with Crippen molar-refractivity contribution in [1.29, 1.82) is 0 Å². The second-order valence-corrected chi connectivity index (χ2v) is 5.40. The Balaban J connectivity index is 1.97. The van der Waals surface area contributed by atoms with Crippen molar-refractivity contribution in [2.24, 2.45) is 11.8 Å². The van der Waals surface area contributed by atoms with Crippen LogP contribution in [0.15, 0.2) is 18.2 Å². The van der Waals surface area contributed by atoms with Crippen molar-refractivity contribution in [1.82, 2.24) is 5.32 Å². The standard InChI is InChI=1S/C15H23NO2/c1-10-4-6-14(11(10)2)16-9-12-8-13(18-3)5-7-15(12)17/h5,7-8,10-11,14,16-17H,4,6,9H2,1-3H3. The molecule has 1 aromatic rings. The number of aromatic hydroxyl groups is 1. The lowest BCUT2D eigenvalue weighted by atomic mass is 9.97. The lowest BCUT2D eigenvalue weighted by Gasteiger charge is -2.20. The third-order valence-corrected chi connectivity index (χ3v) is 4.31. The average molecular weight is 249 g/mol. The Bertz CT molecular complexity index is 405. The Morgan fingerprint density at radius 1 is 1.33 bits per heavy atom. The van der Waals surface area contributed by atoms with Crippen LogP contribution in [0.4, 0.5) is 0 Å². The number of hydrogen-bond donors (Lipinski definition) is 2. The SMILES string of the molecule is COc1ccc(O)c(CNC2CCC(C)C2C)c1. The van der Waals surface area contributed by atoms with Gasteiger partial charge in [0.25, 0.3) is 0 Å². The highest BCUT2D eigenvalue weighted by Gasteiger charge is 2.29. The van der Waals surface area contributed by atoms with E-state index in [0.29, 0.717) is 24.3 Å². The quantitative estimate of drug-likeness (QED) is 0.862. The van der Waals surface area contributed by atoms with Crippen LogP contribution in [0.25, 0.3) is 0 Å². The number of benzene rings is 1. The van der Waals surface area contributed by atoms with Gasteiger partial charge in [0.05, 0.1) is 7.11 Å². The summed E-state index contributed by atoms with van der Waals surface area (Å²) in [5.41, 5.74) is 0.904. The summed E-state index contributed by atoms with van der Waals surface area (Å²) >= 11 is 0. The summed E-state index contributed by atoms with van der Waals surface area (Å²) in [6.45, 7) is 5.32. The van der Waals surface area contributed by atoms with E-state index in [2.05, 4.69) is 19.2 Å². The molecule has 3 nitrogen and oxygen atoms in total. The van der Waals surface area contributed by atoms with E-state index >= 15 is 0 Å². The smallest absolute Gasteiger partial charge is 0.120 e. The van der Waals surface area contributed by atoms with Crippen LogP contribution in [-0.2, 0) is 6.54 Å². The molecule has 0 aliphatic heterocycles. The number of rotatable bonds is 4. The molecule has 1 aromatic carbocycles. The topological polar surface area (TPSA) is 41.5 Å². The van der Waals surface area contributed by atoms with Crippen LogP contribution in [0.3, 0.4) is 0 Å². The van der Waals surface area contributed by atoms with Crippen molar-refractivity contribution in [2.45, 2.75) is 39.3 Å².